The zero-order valence-electron chi connectivity index (χ0n) is 12.3. The van der Waals surface area contributed by atoms with Crippen molar-refractivity contribution < 1.29 is 9.53 Å². The normalized spacial score (nSPS) is 10.0. The molecule has 0 unspecified atom stereocenters. The molecule has 2 rings (SSSR count). The number of carbonyl (C=O) groups excluding carboxylic acids is 1. The van der Waals surface area contributed by atoms with Gasteiger partial charge in [-0.1, -0.05) is 30.3 Å². The zero-order valence-corrected chi connectivity index (χ0v) is 12.3. The minimum atomic E-state index is -0.0333. The minimum absolute atomic E-state index is 0.0333. The van der Waals surface area contributed by atoms with Gasteiger partial charge in [0.15, 0.2) is 0 Å². The van der Waals surface area contributed by atoms with Crippen LogP contribution in [0.25, 0.3) is 0 Å². The Bertz CT molecular complexity index is 594. The molecule has 1 amide bonds. The van der Waals surface area contributed by atoms with E-state index in [1.165, 1.54) is 0 Å². The number of ether oxygens (including phenoxy) is 1. The number of methoxy groups -OCH3 is 1. The second-order valence-corrected chi connectivity index (χ2v) is 4.84. The average molecular weight is 284 g/mol. The molecular formula is C17H20N2O2. The summed E-state index contributed by atoms with van der Waals surface area (Å²) in [6.07, 6.45) is 1.14. The van der Waals surface area contributed by atoms with Crippen molar-refractivity contribution in [1.29, 1.82) is 0 Å². The zero-order chi connectivity index (χ0) is 15.1. The minimum Gasteiger partial charge on any atom is -0.497 e. The molecular weight excluding hydrogens is 264 g/mol. The summed E-state index contributed by atoms with van der Waals surface area (Å²) in [6, 6.07) is 15.6. The number of rotatable bonds is 6. The van der Waals surface area contributed by atoms with Crippen LogP contribution in [0.2, 0.25) is 0 Å². The van der Waals surface area contributed by atoms with Crippen LogP contribution < -0.4 is 15.6 Å². The molecule has 0 aliphatic carbocycles. The van der Waals surface area contributed by atoms with Crippen LogP contribution in [0.15, 0.2) is 48.5 Å². The number of hydrogen-bond donors (Lipinski definition) is 2. The predicted octanol–water partition coefficient (Wildman–Crippen LogP) is 3.08. The van der Waals surface area contributed by atoms with Gasteiger partial charge in [-0.25, -0.2) is 0 Å². The van der Waals surface area contributed by atoms with Gasteiger partial charge in [0.05, 0.1) is 12.8 Å². The largest absolute Gasteiger partial charge is 0.497 e. The van der Waals surface area contributed by atoms with Crippen molar-refractivity contribution in [3.63, 3.8) is 0 Å². The summed E-state index contributed by atoms with van der Waals surface area (Å²) in [6.45, 7) is 1.99. The quantitative estimate of drug-likeness (QED) is 0.801. The van der Waals surface area contributed by atoms with Crippen molar-refractivity contribution in [3.05, 3.63) is 59.7 Å². The molecule has 0 bridgehead atoms. The molecule has 0 aliphatic rings. The summed E-state index contributed by atoms with van der Waals surface area (Å²) in [5.74, 6) is 0.790. The Balaban J connectivity index is 1.78. The molecule has 0 saturated heterocycles. The Morgan fingerprint density at radius 2 is 1.81 bits per heavy atom. The molecule has 4 nitrogen and oxygen atoms in total. The Morgan fingerprint density at radius 1 is 1.10 bits per heavy atom. The molecule has 0 heterocycles. The van der Waals surface area contributed by atoms with Crippen LogP contribution in [0.4, 0.5) is 5.69 Å². The lowest BCUT2D eigenvalue weighted by Gasteiger charge is -2.10. The number of anilines is 1. The Hall–Kier alpha value is -2.49. The van der Waals surface area contributed by atoms with E-state index in [0.29, 0.717) is 12.8 Å². The predicted molar refractivity (Wildman–Crippen MR) is 84.3 cm³/mol. The first kappa shape index (κ1) is 14.9. The summed E-state index contributed by atoms with van der Waals surface area (Å²) in [5, 5.41) is 0. The van der Waals surface area contributed by atoms with Gasteiger partial charge in [-0.15, -0.1) is 0 Å². The smallest absolute Gasteiger partial charge is 0.238 e. The van der Waals surface area contributed by atoms with Gasteiger partial charge in [-0.05, 0) is 42.7 Å². The molecule has 0 spiro atoms. The first-order valence-electron chi connectivity index (χ1n) is 6.92. The number of hydrogen-bond acceptors (Lipinski definition) is 3. The standard InChI is InChI=1S/C17H20N2O2/c1-13-5-3-4-6-16(13)18-19-17(20)12-9-14-7-10-15(21-2)11-8-14/h3-8,10-11,18H,9,12H2,1-2H3,(H,19,20). The summed E-state index contributed by atoms with van der Waals surface area (Å²) in [7, 11) is 1.64. The molecule has 0 radical (unpaired) electrons. The number of amides is 1. The number of nitrogens with one attached hydrogen (secondary N) is 2. The summed E-state index contributed by atoms with van der Waals surface area (Å²) >= 11 is 0. The molecule has 0 aliphatic heterocycles. The monoisotopic (exact) mass is 284 g/mol. The molecule has 21 heavy (non-hydrogen) atoms. The highest BCUT2D eigenvalue weighted by Gasteiger charge is 2.03. The van der Waals surface area contributed by atoms with Crippen LogP contribution >= 0.6 is 0 Å². The molecule has 2 aromatic carbocycles. The van der Waals surface area contributed by atoms with Gasteiger partial charge < -0.3 is 4.74 Å². The van der Waals surface area contributed by atoms with Crippen molar-refractivity contribution in [2.75, 3.05) is 12.5 Å². The molecule has 0 atom stereocenters. The van der Waals surface area contributed by atoms with E-state index in [9.17, 15) is 4.79 Å². The van der Waals surface area contributed by atoms with Gasteiger partial charge in [-0.2, -0.15) is 0 Å². The molecule has 2 aromatic rings. The van der Waals surface area contributed by atoms with Gasteiger partial charge >= 0.3 is 0 Å². The second kappa shape index (κ2) is 7.33. The van der Waals surface area contributed by atoms with Crippen LogP contribution in [0.3, 0.4) is 0 Å². The van der Waals surface area contributed by atoms with E-state index in [1.807, 2.05) is 55.5 Å². The van der Waals surface area contributed by atoms with E-state index in [1.54, 1.807) is 7.11 Å². The lowest BCUT2D eigenvalue weighted by atomic mass is 10.1. The van der Waals surface area contributed by atoms with E-state index < -0.39 is 0 Å². The van der Waals surface area contributed by atoms with Gasteiger partial charge in [-0.3, -0.25) is 15.6 Å². The molecule has 0 saturated carbocycles. The maximum Gasteiger partial charge on any atom is 0.238 e. The Labute approximate surface area is 125 Å². The second-order valence-electron chi connectivity index (χ2n) is 4.84. The van der Waals surface area contributed by atoms with E-state index in [4.69, 9.17) is 4.74 Å². The number of carbonyl (C=O) groups is 1. The Morgan fingerprint density at radius 3 is 2.48 bits per heavy atom. The van der Waals surface area contributed by atoms with Gasteiger partial charge in [0.1, 0.15) is 5.75 Å². The lowest BCUT2D eigenvalue weighted by Crippen LogP contribution is -2.29. The van der Waals surface area contributed by atoms with Gasteiger partial charge in [0, 0.05) is 6.42 Å². The topological polar surface area (TPSA) is 50.4 Å². The summed E-state index contributed by atoms with van der Waals surface area (Å²) in [5.41, 5.74) is 8.78. The molecule has 0 fully saturated rings. The Kier molecular flexibility index (Phi) is 5.21. The molecule has 4 heteroatoms. The lowest BCUT2D eigenvalue weighted by molar-refractivity contribution is -0.120. The number of benzene rings is 2. The highest BCUT2D eigenvalue weighted by Crippen LogP contribution is 2.13. The third-order valence-corrected chi connectivity index (χ3v) is 3.28. The van der Waals surface area contributed by atoms with E-state index >= 15 is 0 Å². The maximum absolute atomic E-state index is 11.8. The van der Waals surface area contributed by atoms with Crippen LogP contribution in [-0.2, 0) is 11.2 Å². The fourth-order valence-corrected chi connectivity index (χ4v) is 1.96. The molecule has 2 N–H and O–H groups in total. The first-order valence-corrected chi connectivity index (χ1v) is 6.92. The van der Waals surface area contributed by atoms with Crippen LogP contribution in [0, 0.1) is 6.92 Å². The first-order chi connectivity index (χ1) is 10.2. The maximum atomic E-state index is 11.8. The SMILES string of the molecule is COc1ccc(CCC(=O)NNc2ccccc2C)cc1. The highest BCUT2D eigenvalue weighted by molar-refractivity contribution is 5.77. The number of hydrazine groups is 1. The molecule has 110 valence electrons. The third-order valence-electron chi connectivity index (χ3n) is 3.28. The van der Waals surface area contributed by atoms with E-state index in [-0.39, 0.29) is 5.91 Å². The van der Waals surface area contributed by atoms with Crippen LogP contribution in [-0.4, -0.2) is 13.0 Å². The fourth-order valence-electron chi connectivity index (χ4n) is 1.96. The van der Waals surface area contributed by atoms with E-state index in [2.05, 4.69) is 10.9 Å². The van der Waals surface area contributed by atoms with E-state index in [0.717, 1.165) is 22.6 Å². The summed E-state index contributed by atoms with van der Waals surface area (Å²) < 4.78 is 5.10. The number of aryl methyl sites for hydroxylation is 2. The summed E-state index contributed by atoms with van der Waals surface area (Å²) in [4.78, 5) is 11.8. The van der Waals surface area contributed by atoms with Gasteiger partial charge in [0.2, 0.25) is 5.91 Å². The number of para-hydroxylation sites is 1. The van der Waals surface area contributed by atoms with Crippen molar-refractivity contribution >= 4 is 11.6 Å². The average Bonchev–Trinajstić information content (AvgIpc) is 2.52. The fraction of sp³-hybridized carbons (Fsp3) is 0.235. The van der Waals surface area contributed by atoms with Gasteiger partial charge in [0.25, 0.3) is 0 Å². The third kappa shape index (κ3) is 4.53. The van der Waals surface area contributed by atoms with Crippen molar-refractivity contribution in [3.8, 4) is 5.75 Å². The van der Waals surface area contributed by atoms with Crippen molar-refractivity contribution in [2.24, 2.45) is 0 Å². The van der Waals surface area contributed by atoms with Crippen molar-refractivity contribution in [1.82, 2.24) is 5.43 Å². The van der Waals surface area contributed by atoms with Crippen molar-refractivity contribution in [2.45, 2.75) is 19.8 Å². The van der Waals surface area contributed by atoms with Crippen LogP contribution in [0.1, 0.15) is 17.5 Å². The van der Waals surface area contributed by atoms with Crippen LogP contribution in [0.5, 0.6) is 5.75 Å². The highest BCUT2D eigenvalue weighted by atomic mass is 16.5. The molecule has 0 aromatic heterocycles.